The van der Waals surface area contributed by atoms with Crippen molar-refractivity contribution in [3.8, 4) is 0 Å². The van der Waals surface area contributed by atoms with Gasteiger partial charge in [-0.15, -0.1) is 11.3 Å². The van der Waals surface area contributed by atoms with Crippen molar-refractivity contribution in [2.24, 2.45) is 11.1 Å². The van der Waals surface area contributed by atoms with E-state index in [1.54, 1.807) is 0 Å². The van der Waals surface area contributed by atoms with Gasteiger partial charge in [-0.2, -0.15) is 0 Å². The second kappa shape index (κ2) is 5.79. The Bertz CT molecular complexity index is 473. The summed E-state index contributed by atoms with van der Waals surface area (Å²) in [4.78, 5) is 18.0. The largest absolute Gasteiger partial charge is 0.381 e. The third-order valence-corrected chi connectivity index (χ3v) is 5.13. The summed E-state index contributed by atoms with van der Waals surface area (Å²) < 4.78 is 5.33. The Hall–Kier alpha value is -0.980. The smallest absolute Gasteiger partial charge is 0.233 e. The van der Waals surface area contributed by atoms with E-state index in [0.717, 1.165) is 4.88 Å². The maximum Gasteiger partial charge on any atom is 0.233 e. The van der Waals surface area contributed by atoms with Crippen molar-refractivity contribution in [1.29, 1.82) is 0 Å². The fourth-order valence-electron chi connectivity index (χ4n) is 2.19. The first-order valence-electron chi connectivity index (χ1n) is 6.93. The van der Waals surface area contributed by atoms with Crippen LogP contribution in [-0.2, 0) is 14.9 Å². The van der Waals surface area contributed by atoms with Crippen LogP contribution in [0.5, 0.6) is 0 Å². The number of nitrogens with zero attached hydrogens (tertiary/aromatic N) is 1. The molecule has 5 nitrogen and oxygen atoms in total. The van der Waals surface area contributed by atoms with Crippen molar-refractivity contribution in [2.75, 3.05) is 25.1 Å². The SMILES string of the molecule is CC(C)(C)c1cnc(NC(=O)C2(CN)CCOCC2)s1. The fraction of sp³-hybridized carbons (Fsp3) is 0.714. The van der Waals surface area contributed by atoms with E-state index in [9.17, 15) is 4.79 Å². The van der Waals surface area contributed by atoms with E-state index in [-0.39, 0.29) is 11.3 Å². The van der Waals surface area contributed by atoms with Gasteiger partial charge in [0.15, 0.2) is 5.13 Å². The summed E-state index contributed by atoms with van der Waals surface area (Å²) >= 11 is 1.53. The highest BCUT2D eigenvalue weighted by Gasteiger charge is 2.39. The summed E-state index contributed by atoms with van der Waals surface area (Å²) in [7, 11) is 0. The minimum Gasteiger partial charge on any atom is -0.381 e. The van der Waals surface area contributed by atoms with Crippen LogP contribution in [0.25, 0.3) is 0 Å². The number of amides is 1. The molecule has 0 spiro atoms. The molecule has 112 valence electrons. The topological polar surface area (TPSA) is 77.2 Å². The molecule has 1 saturated heterocycles. The van der Waals surface area contributed by atoms with Gasteiger partial charge in [0.2, 0.25) is 5.91 Å². The number of nitrogens with two attached hydrogens (primary N) is 1. The summed E-state index contributed by atoms with van der Waals surface area (Å²) in [6, 6.07) is 0. The summed E-state index contributed by atoms with van der Waals surface area (Å²) in [5, 5.41) is 3.58. The van der Waals surface area contributed by atoms with E-state index >= 15 is 0 Å². The van der Waals surface area contributed by atoms with Gasteiger partial charge in [-0.05, 0) is 18.3 Å². The highest BCUT2D eigenvalue weighted by molar-refractivity contribution is 7.15. The molecule has 3 N–H and O–H groups in total. The summed E-state index contributed by atoms with van der Waals surface area (Å²) in [5.41, 5.74) is 5.37. The lowest BCUT2D eigenvalue weighted by atomic mass is 9.79. The van der Waals surface area contributed by atoms with Gasteiger partial charge in [0, 0.05) is 30.8 Å². The molecule has 0 radical (unpaired) electrons. The molecule has 0 atom stereocenters. The molecule has 6 heteroatoms. The highest BCUT2D eigenvalue weighted by Crippen LogP contribution is 2.33. The molecular weight excluding hydrogens is 274 g/mol. The first kappa shape index (κ1) is 15.4. The fourth-order valence-corrected chi connectivity index (χ4v) is 3.06. The number of aromatic nitrogens is 1. The van der Waals surface area contributed by atoms with Gasteiger partial charge in [-0.1, -0.05) is 20.8 Å². The zero-order valence-electron chi connectivity index (χ0n) is 12.4. The molecule has 1 fully saturated rings. The molecule has 20 heavy (non-hydrogen) atoms. The summed E-state index contributed by atoms with van der Waals surface area (Å²) in [6.07, 6.45) is 3.18. The number of thiazole rings is 1. The van der Waals surface area contributed by atoms with Gasteiger partial charge in [-0.25, -0.2) is 4.98 Å². The number of nitrogens with one attached hydrogen (secondary N) is 1. The second-order valence-corrected chi connectivity index (χ2v) is 7.36. The number of hydrogen-bond donors (Lipinski definition) is 2. The molecule has 1 aromatic rings. The summed E-state index contributed by atoms with van der Waals surface area (Å²) in [6.45, 7) is 7.93. The van der Waals surface area contributed by atoms with E-state index in [2.05, 4.69) is 31.1 Å². The van der Waals surface area contributed by atoms with Crippen LogP contribution in [0.2, 0.25) is 0 Å². The Labute approximate surface area is 123 Å². The number of hydrogen-bond acceptors (Lipinski definition) is 5. The maximum atomic E-state index is 12.5. The molecule has 1 aliphatic heterocycles. The van der Waals surface area contributed by atoms with Crippen LogP contribution in [0, 0.1) is 5.41 Å². The molecule has 0 aromatic carbocycles. The third-order valence-electron chi connectivity index (χ3n) is 3.79. The summed E-state index contributed by atoms with van der Waals surface area (Å²) in [5.74, 6) is -0.0295. The zero-order valence-corrected chi connectivity index (χ0v) is 13.2. The van der Waals surface area contributed by atoms with Crippen molar-refractivity contribution < 1.29 is 9.53 Å². The minimum absolute atomic E-state index is 0.0295. The van der Waals surface area contributed by atoms with Crippen LogP contribution in [-0.4, -0.2) is 30.6 Å². The number of carbonyl (C=O) groups excluding carboxylic acids is 1. The average molecular weight is 297 g/mol. The number of carbonyl (C=O) groups is 1. The van der Waals surface area contributed by atoms with E-state index in [1.807, 2.05) is 6.20 Å². The molecule has 1 aromatic heterocycles. The first-order chi connectivity index (χ1) is 9.37. The molecule has 1 aliphatic rings. The molecule has 0 unspecified atom stereocenters. The normalized spacial score (nSPS) is 18.8. The van der Waals surface area contributed by atoms with Gasteiger partial charge in [0.1, 0.15) is 0 Å². The zero-order chi connectivity index (χ0) is 14.8. The van der Waals surface area contributed by atoms with Crippen LogP contribution in [0.1, 0.15) is 38.5 Å². The second-order valence-electron chi connectivity index (χ2n) is 6.33. The van der Waals surface area contributed by atoms with Gasteiger partial charge >= 0.3 is 0 Å². The molecule has 0 aliphatic carbocycles. The Morgan fingerprint density at radius 3 is 2.65 bits per heavy atom. The molecular formula is C14H23N3O2S. The monoisotopic (exact) mass is 297 g/mol. The standard InChI is InChI=1S/C14H23N3O2S/c1-13(2,3)10-8-16-12(20-10)17-11(18)14(9-15)4-6-19-7-5-14/h8H,4-7,9,15H2,1-3H3,(H,16,17,18). The Morgan fingerprint density at radius 2 is 2.15 bits per heavy atom. The quantitative estimate of drug-likeness (QED) is 0.896. The Morgan fingerprint density at radius 1 is 1.50 bits per heavy atom. The molecule has 0 bridgehead atoms. The van der Waals surface area contributed by atoms with E-state index < -0.39 is 5.41 Å². The van der Waals surface area contributed by atoms with Gasteiger partial charge < -0.3 is 15.8 Å². The van der Waals surface area contributed by atoms with Crippen LogP contribution in [0.4, 0.5) is 5.13 Å². The third kappa shape index (κ3) is 3.19. The van der Waals surface area contributed by atoms with Gasteiger partial charge in [0.25, 0.3) is 0 Å². The van der Waals surface area contributed by atoms with Crippen molar-refractivity contribution >= 4 is 22.4 Å². The van der Waals surface area contributed by atoms with Crippen LogP contribution in [0.15, 0.2) is 6.20 Å². The van der Waals surface area contributed by atoms with Crippen molar-refractivity contribution in [3.05, 3.63) is 11.1 Å². The molecule has 2 rings (SSSR count). The van der Waals surface area contributed by atoms with Crippen molar-refractivity contribution in [3.63, 3.8) is 0 Å². The first-order valence-corrected chi connectivity index (χ1v) is 7.75. The van der Waals surface area contributed by atoms with Crippen molar-refractivity contribution in [1.82, 2.24) is 4.98 Å². The Balaban J connectivity index is 2.09. The molecule has 1 amide bonds. The predicted molar refractivity (Wildman–Crippen MR) is 81.0 cm³/mol. The number of ether oxygens (including phenoxy) is 1. The van der Waals surface area contributed by atoms with E-state index in [4.69, 9.17) is 10.5 Å². The number of anilines is 1. The minimum atomic E-state index is -0.508. The van der Waals surface area contributed by atoms with E-state index in [1.165, 1.54) is 11.3 Å². The predicted octanol–water partition coefficient (Wildman–Crippen LogP) is 2.13. The lowest BCUT2D eigenvalue weighted by Gasteiger charge is -2.34. The molecule has 0 saturated carbocycles. The van der Waals surface area contributed by atoms with Crippen LogP contribution >= 0.6 is 11.3 Å². The van der Waals surface area contributed by atoms with Crippen molar-refractivity contribution in [2.45, 2.75) is 39.0 Å². The average Bonchev–Trinajstić information content (AvgIpc) is 2.88. The van der Waals surface area contributed by atoms with Gasteiger partial charge in [-0.3, -0.25) is 4.79 Å². The van der Waals surface area contributed by atoms with Crippen LogP contribution in [0.3, 0.4) is 0 Å². The lowest BCUT2D eigenvalue weighted by molar-refractivity contribution is -0.130. The Kier molecular flexibility index (Phi) is 4.46. The van der Waals surface area contributed by atoms with Gasteiger partial charge in [0.05, 0.1) is 5.41 Å². The van der Waals surface area contributed by atoms with E-state index in [0.29, 0.717) is 37.7 Å². The molecule has 2 heterocycles. The lowest BCUT2D eigenvalue weighted by Crippen LogP contribution is -2.46. The maximum absolute atomic E-state index is 12.5. The number of rotatable bonds is 3. The highest BCUT2D eigenvalue weighted by atomic mass is 32.1. The van der Waals surface area contributed by atoms with Crippen LogP contribution < -0.4 is 11.1 Å².